The van der Waals surface area contributed by atoms with E-state index in [0.29, 0.717) is 6.54 Å². The van der Waals surface area contributed by atoms with Crippen molar-refractivity contribution in [3.8, 4) is 11.1 Å². The minimum atomic E-state index is 0.625. The monoisotopic (exact) mass is 332 g/mol. The molecule has 3 aromatic rings. The average Bonchev–Trinajstić information content (AvgIpc) is 3.08. The second-order valence-electron chi connectivity index (χ2n) is 6.00. The molecule has 0 unspecified atom stereocenters. The second-order valence-corrected chi connectivity index (χ2v) is 6.00. The molecule has 1 aliphatic heterocycles. The van der Waals surface area contributed by atoms with Crippen LogP contribution in [0.4, 0.5) is 5.69 Å². The zero-order valence-electron chi connectivity index (χ0n) is 14.1. The van der Waals surface area contributed by atoms with Gasteiger partial charge in [0.1, 0.15) is 0 Å². The molecule has 0 aliphatic carbocycles. The molecule has 25 heavy (non-hydrogen) atoms. The van der Waals surface area contributed by atoms with Gasteiger partial charge in [0.05, 0.1) is 17.4 Å². The van der Waals surface area contributed by atoms with Crippen LogP contribution in [-0.2, 0) is 0 Å². The van der Waals surface area contributed by atoms with Gasteiger partial charge in [-0.3, -0.25) is 10.1 Å². The lowest BCUT2D eigenvalue weighted by molar-refractivity contribution is 0.508. The third-order valence-electron chi connectivity index (χ3n) is 4.36. The van der Waals surface area contributed by atoms with E-state index in [-0.39, 0.29) is 0 Å². The van der Waals surface area contributed by atoms with Crippen LogP contribution < -0.4 is 10.6 Å². The first-order chi connectivity index (χ1) is 12.3. The summed E-state index contributed by atoms with van der Waals surface area (Å²) in [7, 11) is 0. The van der Waals surface area contributed by atoms with Gasteiger partial charge in [-0.1, -0.05) is 6.07 Å². The van der Waals surface area contributed by atoms with Gasteiger partial charge >= 0.3 is 0 Å². The molecule has 6 nitrogen and oxygen atoms in total. The van der Waals surface area contributed by atoms with Crippen LogP contribution in [-0.4, -0.2) is 33.2 Å². The fourth-order valence-electron chi connectivity index (χ4n) is 3.04. The topological polar surface area (TPSA) is 74.1 Å². The van der Waals surface area contributed by atoms with Crippen LogP contribution in [0.1, 0.15) is 5.69 Å². The van der Waals surface area contributed by atoms with E-state index in [1.165, 1.54) is 0 Å². The summed E-state index contributed by atoms with van der Waals surface area (Å²) in [4.78, 5) is 8.67. The molecular formula is C19H20N6. The smallest absolute Gasteiger partial charge is 0.0723 e. The number of nitrogens with zero attached hydrogens (tertiary/aromatic N) is 4. The zero-order chi connectivity index (χ0) is 17.2. The van der Waals surface area contributed by atoms with Crippen LogP contribution >= 0.6 is 0 Å². The minimum Gasteiger partial charge on any atom is -0.350 e. The van der Waals surface area contributed by atoms with E-state index in [2.05, 4.69) is 43.2 Å². The van der Waals surface area contributed by atoms with Crippen molar-refractivity contribution in [2.75, 3.05) is 18.0 Å². The highest BCUT2D eigenvalue weighted by Gasteiger charge is 2.12. The van der Waals surface area contributed by atoms with Crippen LogP contribution in [0.5, 0.6) is 0 Å². The molecule has 0 radical (unpaired) electrons. The molecule has 0 saturated heterocycles. The van der Waals surface area contributed by atoms with Crippen molar-refractivity contribution in [2.45, 2.75) is 6.92 Å². The molecule has 126 valence electrons. The third kappa shape index (κ3) is 2.88. The van der Waals surface area contributed by atoms with Crippen LogP contribution in [0.2, 0.25) is 0 Å². The highest BCUT2D eigenvalue weighted by atomic mass is 15.2. The molecule has 4 rings (SSSR count). The summed E-state index contributed by atoms with van der Waals surface area (Å²) in [5, 5.41) is 8.22. The lowest BCUT2D eigenvalue weighted by atomic mass is 10.0. The fourth-order valence-corrected chi connectivity index (χ4v) is 3.04. The number of aromatic amines is 1. The summed E-state index contributed by atoms with van der Waals surface area (Å²) in [6.07, 6.45) is 11.8. The Morgan fingerprint density at radius 1 is 1.12 bits per heavy atom. The Morgan fingerprint density at radius 2 is 1.96 bits per heavy atom. The Kier molecular flexibility index (Phi) is 3.95. The number of nitrogens with one attached hydrogen (secondary N) is 1. The van der Waals surface area contributed by atoms with Crippen molar-refractivity contribution >= 4 is 16.6 Å². The Bertz CT molecular complexity index is 941. The predicted octanol–water partition coefficient (Wildman–Crippen LogP) is 2.96. The Balaban J connectivity index is 1.76. The van der Waals surface area contributed by atoms with Crippen molar-refractivity contribution in [1.82, 2.24) is 20.1 Å². The Morgan fingerprint density at radius 3 is 2.68 bits per heavy atom. The fraction of sp³-hybridized carbons (Fsp3) is 0.158. The summed E-state index contributed by atoms with van der Waals surface area (Å²) in [6, 6.07) is 8.34. The first kappa shape index (κ1) is 15.4. The average molecular weight is 332 g/mol. The maximum atomic E-state index is 5.62. The highest BCUT2D eigenvalue weighted by molar-refractivity contribution is 5.95. The number of aryl methyl sites for hydroxylation is 1. The predicted molar refractivity (Wildman–Crippen MR) is 101 cm³/mol. The van der Waals surface area contributed by atoms with Gasteiger partial charge in [-0.15, -0.1) is 0 Å². The molecule has 0 bridgehead atoms. The normalized spacial score (nSPS) is 13.8. The standard InChI is InChI=1S/C19H20N6/c1-14-17(13-22-23-14)15-2-3-18-16(12-15)19(4-6-21-18)25-10-8-24(7-5-20)9-11-25/h2-4,6,8-13H,5,7,20H2,1H3,(H,22,23). The summed E-state index contributed by atoms with van der Waals surface area (Å²) in [5.74, 6) is 0. The molecule has 0 fully saturated rings. The molecule has 0 spiro atoms. The lowest BCUT2D eigenvalue weighted by Crippen LogP contribution is -2.24. The number of fused-ring (bicyclic) bond motifs is 1. The van der Waals surface area contributed by atoms with Crippen LogP contribution in [0.25, 0.3) is 22.0 Å². The number of nitrogens with two attached hydrogens (primary N) is 1. The summed E-state index contributed by atoms with van der Waals surface area (Å²) in [5.41, 5.74) is 11.0. The zero-order valence-corrected chi connectivity index (χ0v) is 14.1. The highest BCUT2D eigenvalue weighted by Crippen LogP contribution is 2.31. The largest absolute Gasteiger partial charge is 0.350 e. The Labute approximate surface area is 146 Å². The maximum absolute atomic E-state index is 5.62. The molecule has 3 N–H and O–H groups in total. The Hall–Kier alpha value is -3.12. The number of benzene rings is 1. The van der Waals surface area contributed by atoms with Gasteiger partial charge in [-0.25, -0.2) is 0 Å². The van der Waals surface area contributed by atoms with Crippen molar-refractivity contribution in [3.63, 3.8) is 0 Å². The number of anilines is 1. The first-order valence-electron chi connectivity index (χ1n) is 8.26. The van der Waals surface area contributed by atoms with Crippen molar-refractivity contribution in [1.29, 1.82) is 0 Å². The molecule has 0 amide bonds. The van der Waals surface area contributed by atoms with Gasteiger partial charge < -0.3 is 15.5 Å². The van der Waals surface area contributed by atoms with Gasteiger partial charge in [0.25, 0.3) is 0 Å². The van der Waals surface area contributed by atoms with Crippen molar-refractivity contribution < 1.29 is 0 Å². The number of aromatic nitrogens is 3. The second kappa shape index (κ2) is 6.41. The quantitative estimate of drug-likeness (QED) is 0.768. The molecule has 3 heterocycles. The molecule has 6 heteroatoms. The van der Waals surface area contributed by atoms with Gasteiger partial charge in [-0.05, 0) is 30.7 Å². The summed E-state index contributed by atoms with van der Waals surface area (Å²) >= 11 is 0. The van der Waals surface area contributed by atoms with E-state index >= 15 is 0 Å². The minimum absolute atomic E-state index is 0.625. The van der Waals surface area contributed by atoms with Gasteiger partial charge in [0, 0.05) is 60.7 Å². The summed E-state index contributed by atoms with van der Waals surface area (Å²) < 4.78 is 0. The number of hydrogen-bond acceptors (Lipinski definition) is 5. The molecule has 2 aromatic heterocycles. The molecular weight excluding hydrogens is 312 g/mol. The van der Waals surface area contributed by atoms with E-state index in [1.54, 1.807) is 0 Å². The van der Waals surface area contributed by atoms with E-state index < -0.39 is 0 Å². The van der Waals surface area contributed by atoms with E-state index in [9.17, 15) is 0 Å². The van der Waals surface area contributed by atoms with Crippen LogP contribution in [0, 0.1) is 6.92 Å². The number of H-pyrrole nitrogens is 1. The first-order valence-corrected chi connectivity index (χ1v) is 8.26. The summed E-state index contributed by atoms with van der Waals surface area (Å²) in [6.45, 7) is 3.46. The van der Waals surface area contributed by atoms with Gasteiger partial charge in [0.15, 0.2) is 0 Å². The number of rotatable bonds is 4. The molecule has 1 aliphatic rings. The third-order valence-corrected chi connectivity index (χ3v) is 4.36. The SMILES string of the molecule is Cc1[nH]ncc1-c1ccc2nccc(N3C=CN(CCN)C=C3)c2c1. The van der Waals surface area contributed by atoms with E-state index in [1.807, 2.05) is 50.2 Å². The number of hydrogen-bond donors (Lipinski definition) is 2. The van der Waals surface area contributed by atoms with E-state index in [0.717, 1.165) is 40.0 Å². The van der Waals surface area contributed by atoms with Gasteiger partial charge in [-0.2, -0.15) is 5.10 Å². The van der Waals surface area contributed by atoms with Crippen LogP contribution in [0.3, 0.4) is 0 Å². The van der Waals surface area contributed by atoms with Gasteiger partial charge in [0.2, 0.25) is 0 Å². The van der Waals surface area contributed by atoms with Crippen LogP contribution in [0.15, 0.2) is 61.5 Å². The molecule has 0 atom stereocenters. The van der Waals surface area contributed by atoms with Crippen molar-refractivity contribution in [3.05, 3.63) is 67.2 Å². The van der Waals surface area contributed by atoms with E-state index in [4.69, 9.17) is 5.73 Å². The number of pyridine rings is 1. The molecule has 0 saturated carbocycles. The lowest BCUT2D eigenvalue weighted by Gasteiger charge is -2.25. The van der Waals surface area contributed by atoms with Crippen molar-refractivity contribution in [2.24, 2.45) is 5.73 Å². The maximum Gasteiger partial charge on any atom is 0.0723 e. The molecule has 1 aromatic carbocycles.